The second-order valence-corrected chi connectivity index (χ2v) is 6.99. The molecule has 118 valence electrons. The summed E-state index contributed by atoms with van der Waals surface area (Å²) in [5.41, 5.74) is 3.36. The maximum absolute atomic E-state index is 11.4. The summed E-state index contributed by atoms with van der Waals surface area (Å²) in [6.07, 6.45) is 7.40. The Kier molecular flexibility index (Phi) is 4.54. The quantitative estimate of drug-likeness (QED) is 0.647. The SMILES string of the molecule is CC1=CC(S(=O)(=O)O)=CC(C)(N2C=CCN(CCO)N2)C1. The van der Waals surface area contributed by atoms with Crippen LogP contribution in [0.25, 0.3) is 0 Å². The fourth-order valence-corrected chi connectivity index (χ4v) is 3.37. The zero-order valence-corrected chi connectivity index (χ0v) is 13.0. The normalized spacial score (nSPS) is 27.5. The minimum atomic E-state index is -4.24. The van der Waals surface area contributed by atoms with E-state index in [1.165, 1.54) is 12.2 Å². The van der Waals surface area contributed by atoms with Crippen LogP contribution in [0, 0.1) is 0 Å². The number of aliphatic hydroxyl groups is 1. The van der Waals surface area contributed by atoms with E-state index < -0.39 is 15.7 Å². The van der Waals surface area contributed by atoms with Crippen LogP contribution in [-0.4, -0.2) is 53.3 Å². The van der Waals surface area contributed by atoms with Gasteiger partial charge in [0.15, 0.2) is 0 Å². The van der Waals surface area contributed by atoms with Gasteiger partial charge in [-0.2, -0.15) is 14.0 Å². The number of rotatable bonds is 4. The smallest absolute Gasteiger partial charge is 0.294 e. The van der Waals surface area contributed by atoms with Gasteiger partial charge in [0.2, 0.25) is 0 Å². The lowest BCUT2D eigenvalue weighted by Gasteiger charge is -2.45. The van der Waals surface area contributed by atoms with Gasteiger partial charge < -0.3 is 5.11 Å². The van der Waals surface area contributed by atoms with Crippen molar-refractivity contribution in [2.75, 3.05) is 19.7 Å². The van der Waals surface area contributed by atoms with E-state index in [-0.39, 0.29) is 11.5 Å². The number of aliphatic hydroxyl groups excluding tert-OH is 1. The lowest BCUT2D eigenvalue weighted by molar-refractivity contribution is -0.00637. The van der Waals surface area contributed by atoms with Crippen LogP contribution >= 0.6 is 0 Å². The highest BCUT2D eigenvalue weighted by Gasteiger charge is 2.35. The third kappa shape index (κ3) is 3.72. The van der Waals surface area contributed by atoms with Crippen molar-refractivity contribution >= 4 is 10.1 Å². The van der Waals surface area contributed by atoms with Crippen LogP contribution in [0.4, 0.5) is 0 Å². The van der Waals surface area contributed by atoms with Crippen molar-refractivity contribution in [3.05, 3.63) is 34.9 Å². The van der Waals surface area contributed by atoms with Crippen molar-refractivity contribution in [3.63, 3.8) is 0 Å². The number of hydrogen-bond acceptors (Lipinski definition) is 6. The number of hydrazine groups is 2. The van der Waals surface area contributed by atoms with E-state index in [1.807, 2.05) is 31.1 Å². The second kappa shape index (κ2) is 5.90. The molecule has 21 heavy (non-hydrogen) atoms. The predicted octanol–water partition coefficient (Wildman–Crippen LogP) is 0.410. The molecule has 0 aromatic carbocycles. The number of hydrogen-bond donors (Lipinski definition) is 3. The van der Waals surface area contributed by atoms with Crippen molar-refractivity contribution in [2.24, 2.45) is 0 Å². The molecule has 1 atom stereocenters. The molecule has 0 saturated heterocycles. The molecule has 2 aliphatic rings. The van der Waals surface area contributed by atoms with Crippen molar-refractivity contribution in [1.29, 1.82) is 0 Å². The molecule has 0 fully saturated rings. The molecule has 1 unspecified atom stereocenters. The minimum absolute atomic E-state index is 0.0242. The van der Waals surface area contributed by atoms with Gasteiger partial charge >= 0.3 is 0 Å². The highest BCUT2D eigenvalue weighted by Crippen LogP contribution is 2.33. The fraction of sp³-hybridized carbons (Fsp3) is 0.538. The largest absolute Gasteiger partial charge is 0.395 e. The molecule has 3 N–H and O–H groups in total. The van der Waals surface area contributed by atoms with Gasteiger partial charge in [0.05, 0.1) is 17.1 Å². The lowest BCUT2D eigenvalue weighted by Crippen LogP contribution is -2.59. The summed E-state index contributed by atoms with van der Waals surface area (Å²) < 4.78 is 32.1. The van der Waals surface area contributed by atoms with Gasteiger partial charge in [-0.3, -0.25) is 9.56 Å². The van der Waals surface area contributed by atoms with Crippen LogP contribution in [0.2, 0.25) is 0 Å². The molecule has 2 rings (SSSR count). The van der Waals surface area contributed by atoms with E-state index in [9.17, 15) is 13.0 Å². The maximum Gasteiger partial charge on any atom is 0.294 e. The average molecular weight is 315 g/mol. The van der Waals surface area contributed by atoms with E-state index in [2.05, 4.69) is 5.53 Å². The molecule has 7 nitrogen and oxygen atoms in total. The lowest BCUT2D eigenvalue weighted by atomic mass is 9.88. The van der Waals surface area contributed by atoms with Crippen molar-refractivity contribution in [3.8, 4) is 0 Å². The molecule has 0 amide bonds. The Bertz CT molecular complexity index is 597. The molecule has 0 saturated carbocycles. The maximum atomic E-state index is 11.4. The van der Waals surface area contributed by atoms with Crippen LogP contribution in [0.5, 0.6) is 0 Å². The zero-order chi connectivity index (χ0) is 15.7. The van der Waals surface area contributed by atoms with Gasteiger partial charge in [-0.05, 0) is 32.4 Å². The van der Waals surface area contributed by atoms with Crippen molar-refractivity contribution < 1.29 is 18.1 Å². The molecule has 0 aromatic rings. The molecule has 1 aliphatic carbocycles. The average Bonchev–Trinajstić information content (AvgIpc) is 2.37. The first kappa shape index (κ1) is 16.2. The standard InChI is InChI=1S/C13H21N3O4S/c1-11-8-12(21(18,19)20)10-13(2,9-11)16-5-3-4-15(14-16)6-7-17/h3,5,8,10,14,17H,4,6-7,9H2,1-2H3,(H,18,19,20). The summed E-state index contributed by atoms with van der Waals surface area (Å²) >= 11 is 0. The molecular weight excluding hydrogens is 294 g/mol. The Morgan fingerprint density at radius 2 is 2.19 bits per heavy atom. The second-order valence-electron chi connectivity index (χ2n) is 5.57. The van der Waals surface area contributed by atoms with E-state index in [0.717, 1.165) is 5.57 Å². The van der Waals surface area contributed by atoms with Gasteiger partial charge in [-0.15, -0.1) is 0 Å². The Hall–Kier alpha value is -1.19. The highest BCUT2D eigenvalue weighted by atomic mass is 32.2. The predicted molar refractivity (Wildman–Crippen MR) is 79.2 cm³/mol. The van der Waals surface area contributed by atoms with Crippen LogP contribution in [0.3, 0.4) is 0 Å². The number of nitrogens with one attached hydrogen (secondary N) is 1. The van der Waals surface area contributed by atoms with Crippen LogP contribution in [0.15, 0.2) is 34.9 Å². The van der Waals surface area contributed by atoms with Gasteiger partial charge in [-0.25, -0.2) is 5.01 Å². The first-order chi connectivity index (χ1) is 9.74. The molecule has 0 bridgehead atoms. The highest BCUT2D eigenvalue weighted by molar-refractivity contribution is 7.90. The summed E-state index contributed by atoms with van der Waals surface area (Å²) in [6, 6.07) is 0. The van der Waals surface area contributed by atoms with Gasteiger partial charge in [0.1, 0.15) is 0 Å². The van der Waals surface area contributed by atoms with E-state index in [1.54, 1.807) is 5.01 Å². The molecule has 1 heterocycles. The summed E-state index contributed by atoms with van der Waals surface area (Å²) in [5, 5.41) is 12.6. The van der Waals surface area contributed by atoms with E-state index in [4.69, 9.17) is 5.11 Å². The Morgan fingerprint density at radius 1 is 1.48 bits per heavy atom. The minimum Gasteiger partial charge on any atom is -0.395 e. The molecule has 0 radical (unpaired) electrons. The van der Waals surface area contributed by atoms with Gasteiger partial charge in [-0.1, -0.05) is 11.6 Å². The molecular formula is C13H21N3O4S. The summed E-state index contributed by atoms with van der Waals surface area (Å²) in [5.74, 6) is 0. The van der Waals surface area contributed by atoms with Crippen molar-refractivity contribution in [2.45, 2.75) is 25.8 Å². The Morgan fingerprint density at radius 3 is 2.81 bits per heavy atom. The molecule has 1 aliphatic heterocycles. The van der Waals surface area contributed by atoms with Crippen LogP contribution in [-0.2, 0) is 10.1 Å². The molecule has 8 heteroatoms. The third-order valence-electron chi connectivity index (χ3n) is 3.53. The number of allylic oxidation sites excluding steroid dienone is 1. The van der Waals surface area contributed by atoms with E-state index in [0.29, 0.717) is 19.5 Å². The van der Waals surface area contributed by atoms with Crippen LogP contribution < -0.4 is 5.53 Å². The zero-order valence-electron chi connectivity index (χ0n) is 12.2. The molecule has 0 aromatic heterocycles. The topological polar surface area (TPSA) is 93.1 Å². The Balaban J connectivity index is 2.30. The monoisotopic (exact) mass is 315 g/mol. The van der Waals surface area contributed by atoms with E-state index >= 15 is 0 Å². The number of β-amino-alcohol motifs (C(OH)–C–C–N with tert-alkyl or cyclic N) is 1. The van der Waals surface area contributed by atoms with Crippen molar-refractivity contribution in [1.82, 2.24) is 15.6 Å². The van der Waals surface area contributed by atoms with Gasteiger partial charge in [0, 0.05) is 19.3 Å². The first-order valence-corrected chi connectivity index (χ1v) is 8.14. The summed E-state index contributed by atoms with van der Waals surface area (Å²) in [6.45, 7) is 4.85. The Labute approximate surface area is 124 Å². The summed E-state index contributed by atoms with van der Waals surface area (Å²) in [7, 11) is -4.24. The van der Waals surface area contributed by atoms with Gasteiger partial charge in [0.25, 0.3) is 10.1 Å². The third-order valence-corrected chi connectivity index (χ3v) is 4.36. The fourth-order valence-electron chi connectivity index (χ4n) is 2.61. The summed E-state index contributed by atoms with van der Waals surface area (Å²) in [4.78, 5) is -0.0942. The number of nitrogens with zero attached hydrogens (tertiary/aromatic N) is 2. The first-order valence-electron chi connectivity index (χ1n) is 6.70. The molecule has 0 spiro atoms. The van der Waals surface area contributed by atoms with Crippen LogP contribution in [0.1, 0.15) is 20.3 Å².